The van der Waals surface area contributed by atoms with Gasteiger partial charge in [-0.1, -0.05) is 78.3 Å². The molecule has 0 bridgehead atoms. The van der Waals surface area contributed by atoms with Gasteiger partial charge in [0.15, 0.2) is 0 Å². The summed E-state index contributed by atoms with van der Waals surface area (Å²) in [5.41, 5.74) is 12.6. The molecular formula is C40H37ClN4O3. The van der Waals surface area contributed by atoms with Crippen LogP contribution < -0.4 is 21.1 Å². The number of amides is 2. The number of ether oxygens (including phenoxy) is 1. The molecule has 7 nitrogen and oxygen atoms in total. The lowest BCUT2D eigenvalue weighted by molar-refractivity contribution is -0.123. The fourth-order valence-corrected chi connectivity index (χ4v) is 5.99. The van der Waals surface area contributed by atoms with E-state index in [0.717, 1.165) is 33.2 Å². The fraction of sp³-hybridized carbons (Fsp3) is 0.150. The maximum absolute atomic E-state index is 13.9. The Bertz CT molecular complexity index is 2070. The number of fused-ring (bicyclic) bond motifs is 1. The van der Waals surface area contributed by atoms with Crippen LogP contribution in [0.2, 0.25) is 5.02 Å². The molecule has 0 aliphatic rings. The van der Waals surface area contributed by atoms with Crippen molar-refractivity contribution in [1.82, 2.24) is 15.6 Å². The van der Waals surface area contributed by atoms with Crippen LogP contribution in [0.25, 0.3) is 33.2 Å². The highest BCUT2D eigenvalue weighted by Crippen LogP contribution is 2.39. The van der Waals surface area contributed by atoms with E-state index in [1.54, 1.807) is 25.1 Å². The van der Waals surface area contributed by atoms with Crippen LogP contribution in [0.15, 0.2) is 121 Å². The second-order valence-corrected chi connectivity index (χ2v) is 12.3. The Morgan fingerprint density at radius 1 is 0.812 bits per heavy atom. The smallest absolute Gasteiger partial charge is 0.252 e. The topological polar surface area (TPSA) is 109 Å². The van der Waals surface area contributed by atoms with Gasteiger partial charge in [0.1, 0.15) is 17.5 Å². The van der Waals surface area contributed by atoms with Gasteiger partial charge in [-0.3, -0.25) is 9.59 Å². The van der Waals surface area contributed by atoms with Crippen LogP contribution in [0.1, 0.15) is 35.3 Å². The summed E-state index contributed by atoms with van der Waals surface area (Å²) in [6, 6.07) is 35.6. The molecule has 0 saturated carbocycles. The number of nitrogens with one attached hydrogen (secondary N) is 3. The number of hydrogen-bond acceptors (Lipinski definition) is 4. The third-order valence-corrected chi connectivity index (χ3v) is 8.53. The van der Waals surface area contributed by atoms with Crippen LogP contribution in [0.5, 0.6) is 11.5 Å². The first-order valence-corrected chi connectivity index (χ1v) is 16.3. The van der Waals surface area contributed by atoms with Gasteiger partial charge in [-0.2, -0.15) is 0 Å². The van der Waals surface area contributed by atoms with Gasteiger partial charge in [-0.05, 0) is 90.6 Å². The molecule has 8 heteroatoms. The van der Waals surface area contributed by atoms with Crippen molar-refractivity contribution in [2.24, 2.45) is 5.73 Å². The lowest BCUT2D eigenvalue weighted by Crippen LogP contribution is -2.48. The number of rotatable bonds is 11. The quantitative estimate of drug-likeness (QED) is 0.113. The molecule has 6 rings (SSSR count). The van der Waals surface area contributed by atoms with Gasteiger partial charge in [-0.25, -0.2) is 0 Å². The summed E-state index contributed by atoms with van der Waals surface area (Å²) in [7, 11) is 0. The van der Waals surface area contributed by atoms with Gasteiger partial charge in [-0.15, -0.1) is 0 Å². The van der Waals surface area contributed by atoms with Gasteiger partial charge >= 0.3 is 0 Å². The minimum Gasteiger partial charge on any atom is -0.457 e. The summed E-state index contributed by atoms with van der Waals surface area (Å²) in [6.07, 6.45) is 2.62. The first kappa shape index (κ1) is 32.6. The van der Waals surface area contributed by atoms with E-state index in [1.165, 1.54) is 0 Å². The molecule has 5 aromatic carbocycles. The molecule has 2 atom stereocenters. The van der Waals surface area contributed by atoms with Gasteiger partial charge in [0.25, 0.3) is 5.91 Å². The zero-order chi connectivity index (χ0) is 33.6. The molecule has 1 heterocycles. The summed E-state index contributed by atoms with van der Waals surface area (Å²) in [5, 5.41) is 7.59. The summed E-state index contributed by atoms with van der Waals surface area (Å²) in [4.78, 5) is 30.5. The minimum atomic E-state index is -0.787. The maximum Gasteiger partial charge on any atom is 0.252 e. The predicted molar refractivity (Wildman–Crippen MR) is 193 cm³/mol. The Hall–Kier alpha value is -5.37. The van der Waals surface area contributed by atoms with E-state index in [9.17, 15) is 9.59 Å². The number of halogens is 1. The summed E-state index contributed by atoms with van der Waals surface area (Å²) < 4.78 is 6.36. The second-order valence-electron chi connectivity index (χ2n) is 11.9. The molecule has 5 N–H and O–H groups in total. The van der Waals surface area contributed by atoms with Crippen molar-refractivity contribution in [2.45, 2.75) is 38.9 Å². The molecule has 242 valence electrons. The van der Waals surface area contributed by atoms with Crippen molar-refractivity contribution < 1.29 is 14.3 Å². The fourth-order valence-electron chi connectivity index (χ4n) is 5.83. The molecule has 0 spiro atoms. The van der Waals surface area contributed by atoms with Crippen molar-refractivity contribution >= 4 is 34.3 Å². The molecule has 48 heavy (non-hydrogen) atoms. The second kappa shape index (κ2) is 14.6. The number of H-pyrrole nitrogens is 1. The monoisotopic (exact) mass is 656 g/mol. The Balaban J connectivity index is 1.27. The lowest BCUT2D eigenvalue weighted by Gasteiger charge is -2.20. The number of aromatic nitrogens is 1. The molecule has 2 amide bonds. The molecule has 0 aliphatic carbocycles. The highest BCUT2D eigenvalue weighted by molar-refractivity contribution is 6.30. The normalized spacial score (nSPS) is 12.3. The van der Waals surface area contributed by atoms with E-state index in [0.29, 0.717) is 46.2 Å². The lowest BCUT2D eigenvalue weighted by atomic mass is 9.93. The van der Waals surface area contributed by atoms with Crippen LogP contribution >= 0.6 is 11.6 Å². The number of carbonyl (C=O) groups is 2. The van der Waals surface area contributed by atoms with E-state index >= 15 is 0 Å². The van der Waals surface area contributed by atoms with Crippen molar-refractivity contribution in [3.63, 3.8) is 0 Å². The largest absolute Gasteiger partial charge is 0.457 e. The summed E-state index contributed by atoms with van der Waals surface area (Å²) in [5.74, 6) is 0.419. The molecule has 6 aromatic rings. The van der Waals surface area contributed by atoms with E-state index in [-0.39, 0.29) is 17.9 Å². The number of para-hydroxylation sites is 1. The summed E-state index contributed by atoms with van der Waals surface area (Å²) in [6.45, 7) is 4.02. The van der Waals surface area contributed by atoms with Gasteiger partial charge in [0.05, 0.1) is 0 Å². The van der Waals surface area contributed by atoms with Crippen LogP contribution in [0.4, 0.5) is 0 Å². The molecule has 0 saturated heterocycles. The van der Waals surface area contributed by atoms with Crippen molar-refractivity contribution in [3.05, 3.63) is 143 Å². The van der Waals surface area contributed by atoms with Crippen molar-refractivity contribution in [1.29, 1.82) is 0 Å². The van der Waals surface area contributed by atoms with Crippen molar-refractivity contribution in [2.75, 3.05) is 0 Å². The standard InChI is InChI=1S/C40H37ClN4O3/c1-25(19-30-24-43-37-14-7-6-13-33(30)37)44-39(46)26(2)45-40(47)35-17-15-29(28-10-4-3-5-11-28)21-36(35)34-18-16-31(41)22-38(34)48-32-12-8-9-27(20-32)23-42/h3-18,20-22,24-26,43H,19,23,42H2,1-2H3,(H,44,46)(H,45,47). The Morgan fingerprint density at radius 2 is 1.60 bits per heavy atom. The van der Waals surface area contributed by atoms with E-state index in [4.69, 9.17) is 22.1 Å². The average Bonchev–Trinajstić information content (AvgIpc) is 3.50. The third-order valence-electron chi connectivity index (χ3n) is 8.30. The molecule has 1 aromatic heterocycles. The molecular weight excluding hydrogens is 620 g/mol. The maximum atomic E-state index is 13.9. The van der Waals surface area contributed by atoms with Gasteiger partial charge < -0.3 is 26.1 Å². The number of aromatic amines is 1. The zero-order valence-corrected chi connectivity index (χ0v) is 27.6. The highest BCUT2D eigenvalue weighted by Gasteiger charge is 2.23. The third kappa shape index (κ3) is 7.44. The average molecular weight is 657 g/mol. The van der Waals surface area contributed by atoms with E-state index in [1.807, 2.05) is 104 Å². The Morgan fingerprint density at radius 3 is 2.42 bits per heavy atom. The molecule has 0 fully saturated rings. The zero-order valence-electron chi connectivity index (χ0n) is 26.8. The van der Waals surface area contributed by atoms with Crippen LogP contribution in [0.3, 0.4) is 0 Å². The SMILES string of the molecule is CC(Cc1c[nH]c2ccccc12)NC(=O)C(C)NC(=O)c1ccc(-c2ccccc2)cc1-c1ccc(Cl)cc1Oc1cccc(CN)c1. The Kier molecular flexibility index (Phi) is 9.90. The summed E-state index contributed by atoms with van der Waals surface area (Å²) >= 11 is 6.45. The van der Waals surface area contributed by atoms with Crippen LogP contribution in [0, 0.1) is 0 Å². The number of hydrogen-bond donors (Lipinski definition) is 4. The van der Waals surface area contributed by atoms with E-state index < -0.39 is 6.04 Å². The highest BCUT2D eigenvalue weighted by atomic mass is 35.5. The minimum absolute atomic E-state index is 0.150. The number of benzene rings is 5. The van der Waals surface area contributed by atoms with Crippen molar-refractivity contribution in [3.8, 4) is 33.8 Å². The first-order valence-electron chi connectivity index (χ1n) is 15.9. The van der Waals surface area contributed by atoms with Gasteiger partial charge in [0, 0.05) is 51.9 Å². The molecule has 0 aliphatic heterocycles. The van der Waals surface area contributed by atoms with Crippen LogP contribution in [-0.4, -0.2) is 28.9 Å². The number of nitrogens with two attached hydrogens (primary N) is 1. The molecule has 2 unspecified atom stereocenters. The Labute approximate surface area is 285 Å². The van der Waals surface area contributed by atoms with Gasteiger partial charge in [0.2, 0.25) is 5.91 Å². The predicted octanol–water partition coefficient (Wildman–Crippen LogP) is 8.27. The molecule has 0 radical (unpaired) electrons. The van der Waals surface area contributed by atoms with Crippen LogP contribution in [-0.2, 0) is 17.8 Å². The first-order chi connectivity index (χ1) is 23.3. The van der Waals surface area contributed by atoms with E-state index in [2.05, 4.69) is 21.7 Å². The number of carbonyl (C=O) groups excluding carboxylic acids is 2.